The van der Waals surface area contributed by atoms with Crippen LogP contribution in [0.15, 0.2) is 42.7 Å². The highest BCUT2D eigenvalue weighted by atomic mass is 19.4. The topological polar surface area (TPSA) is 64.6 Å². The summed E-state index contributed by atoms with van der Waals surface area (Å²) in [4.78, 5) is 26.2. The van der Waals surface area contributed by atoms with Gasteiger partial charge in [-0.25, -0.2) is 14.8 Å². The van der Waals surface area contributed by atoms with Crippen LogP contribution in [-0.4, -0.2) is 77.2 Å². The van der Waals surface area contributed by atoms with Crippen LogP contribution in [0.4, 0.5) is 23.7 Å². The van der Waals surface area contributed by atoms with Crippen molar-refractivity contribution in [3.63, 3.8) is 0 Å². The highest BCUT2D eigenvalue weighted by Crippen LogP contribution is 2.28. The van der Waals surface area contributed by atoms with E-state index in [1.165, 1.54) is 18.0 Å². The third-order valence-electron chi connectivity index (χ3n) is 7.51. The highest BCUT2D eigenvalue weighted by molar-refractivity contribution is 5.75. The Bertz CT molecular complexity index is 983. The normalized spacial score (nSPS) is 21.8. The molecule has 0 aliphatic carbocycles. The van der Waals surface area contributed by atoms with E-state index in [-0.39, 0.29) is 18.1 Å². The molecule has 1 aromatic carbocycles. The smallest absolute Gasteiger partial charge is 0.365 e. The van der Waals surface area contributed by atoms with E-state index in [4.69, 9.17) is 0 Å². The minimum absolute atomic E-state index is 0.0800. The molecule has 2 atom stereocenters. The lowest BCUT2D eigenvalue weighted by molar-refractivity contribution is -0.145. The number of rotatable bonds is 7. The number of likely N-dealkylation sites (tertiary alicyclic amines) is 1. The van der Waals surface area contributed by atoms with E-state index in [0.717, 1.165) is 45.3 Å². The van der Waals surface area contributed by atoms with Crippen molar-refractivity contribution in [1.82, 2.24) is 25.1 Å². The molecule has 0 bridgehead atoms. The van der Waals surface area contributed by atoms with Gasteiger partial charge in [0.05, 0.1) is 18.1 Å². The van der Waals surface area contributed by atoms with Crippen molar-refractivity contribution < 1.29 is 18.0 Å². The van der Waals surface area contributed by atoms with Gasteiger partial charge in [0.2, 0.25) is 5.82 Å². The molecule has 1 N–H and O–H groups in total. The van der Waals surface area contributed by atoms with E-state index in [0.29, 0.717) is 31.2 Å². The molecule has 2 aliphatic heterocycles. The van der Waals surface area contributed by atoms with Crippen LogP contribution in [-0.2, 0) is 12.6 Å². The Kier molecular flexibility index (Phi) is 8.89. The predicted octanol–water partition coefficient (Wildman–Crippen LogP) is 4.45. The summed E-state index contributed by atoms with van der Waals surface area (Å²) >= 11 is 0. The SMILES string of the molecule is C[C@@H]1CN(c2cnc(C(F)(F)F)nc2)C[C@H](C)N1C(=O)NCCC1CCN(CCc2ccccc2)CC1. The Balaban J connectivity index is 1.17. The van der Waals surface area contributed by atoms with Crippen LogP contribution >= 0.6 is 0 Å². The van der Waals surface area contributed by atoms with Crippen LogP contribution < -0.4 is 10.2 Å². The molecule has 1 aromatic heterocycles. The maximum atomic E-state index is 13.0. The number of carbonyl (C=O) groups is 1. The van der Waals surface area contributed by atoms with Gasteiger partial charge in [0.1, 0.15) is 0 Å². The van der Waals surface area contributed by atoms with Gasteiger partial charge in [-0.15, -0.1) is 0 Å². The van der Waals surface area contributed by atoms with Crippen molar-refractivity contribution in [1.29, 1.82) is 0 Å². The molecular formula is C27H37F3N6O. The number of nitrogens with zero attached hydrogens (tertiary/aromatic N) is 5. The van der Waals surface area contributed by atoms with Gasteiger partial charge in [-0.05, 0) is 64.1 Å². The number of aromatic nitrogens is 2. The van der Waals surface area contributed by atoms with Gasteiger partial charge in [-0.3, -0.25) is 0 Å². The summed E-state index contributed by atoms with van der Waals surface area (Å²) in [6, 6.07) is 10.3. The molecule has 37 heavy (non-hydrogen) atoms. The number of anilines is 1. The Morgan fingerprint density at radius 3 is 2.24 bits per heavy atom. The average molecular weight is 519 g/mol. The first-order chi connectivity index (χ1) is 17.7. The second-order valence-corrected chi connectivity index (χ2v) is 10.3. The highest BCUT2D eigenvalue weighted by Gasteiger charge is 2.36. The zero-order chi connectivity index (χ0) is 26.4. The number of carbonyl (C=O) groups excluding carboxylic acids is 1. The van der Waals surface area contributed by atoms with E-state index >= 15 is 0 Å². The number of benzene rings is 1. The van der Waals surface area contributed by atoms with Gasteiger partial charge in [0.25, 0.3) is 0 Å². The number of nitrogens with one attached hydrogen (secondary N) is 1. The Labute approximate surface area is 217 Å². The van der Waals surface area contributed by atoms with Gasteiger partial charge in [-0.1, -0.05) is 30.3 Å². The number of hydrogen-bond donors (Lipinski definition) is 1. The summed E-state index contributed by atoms with van der Waals surface area (Å²) in [5.41, 5.74) is 1.91. The maximum Gasteiger partial charge on any atom is 0.451 e. The third-order valence-corrected chi connectivity index (χ3v) is 7.51. The maximum absolute atomic E-state index is 13.0. The molecule has 0 spiro atoms. The number of urea groups is 1. The Hall–Kier alpha value is -2.88. The van der Waals surface area contributed by atoms with E-state index in [9.17, 15) is 18.0 Å². The van der Waals surface area contributed by atoms with Crippen molar-refractivity contribution in [3.8, 4) is 0 Å². The first kappa shape index (κ1) is 27.2. The number of alkyl halides is 3. The molecule has 7 nitrogen and oxygen atoms in total. The molecule has 3 heterocycles. The number of amides is 2. The van der Waals surface area contributed by atoms with Gasteiger partial charge in [-0.2, -0.15) is 13.2 Å². The lowest BCUT2D eigenvalue weighted by Gasteiger charge is -2.45. The summed E-state index contributed by atoms with van der Waals surface area (Å²) in [7, 11) is 0. The molecule has 10 heteroatoms. The zero-order valence-corrected chi connectivity index (χ0v) is 21.6. The number of hydrogen-bond acceptors (Lipinski definition) is 5. The van der Waals surface area contributed by atoms with Gasteiger partial charge in [0, 0.05) is 38.3 Å². The molecule has 2 fully saturated rings. The van der Waals surface area contributed by atoms with Gasteiger partial charge < -0.3 is 20.0 Å². The summed E-state index contributed by atoms with van der Waals surface area (Å²) in [6.07, 6.45) is 2.23. The van der Waals surface area contributed by atoms with Crippen LogP contribution in [0, 0.1) is 5.92 Å². The molecule has 202 valence electrons. The van der Waals surface area contributed by atoms with E-state index in [1.807, 2.05) is 29.7 Å². The summed E-state index contributed by atoms with van der Waals surface area (Å²) < 4.78 is 38.3. The van der Waals surface area contributed by atoms with E-state index in [2.05, 4.69) is 44.5 Å². The van der Waals surface area contributed by atoms with Crippen LogP contribution in [0.25, 0.3) is 0 Å². The van der Waals surface area contributed by atoms with Crippen molar-refractivity contribution in [2.45, 2.75) is 57.8 Å². The van der Waals surface area contributed by atoms with Crippen molar-refractivity contribution >= 4 is 11.7 Å². The van der Waals surface area contributed by atoms with Crippen molar-refractivity contribution in [2.24, 2.45) is 5.92 Å². The summed E-state index contributed by atoms with van der Waals surface area (Å²) in [5, 5.41) is 3.10. The Morgan fingerprint density at radius 1 is 1.03 bits per heavy atom. The van der Waals surface area contributed by atoms with E-state index < -0.39 is 12.0 Å². The lowest BCUT2D eigenvalue weighted by Crippen LogP contribution is -2.61. The van der Waals surface area contributed by atoms with Gasteiger partial charge in [0.15, 0.2) is 0 Å². The van der Waals surface area contributed by atoms with Crippen LogP contribution in [0.3, 0.4) is 0 Å². The number of piperazine rings is 1. The van der Waals surface area contributed by atoms with E-state index in [1.54, 1.807) is 0 Å². The molecule has 4 rings (SSSR count). The number of piperidine rings is 1. The summed E-state index contributed by atoms with van der Waals surface area (Å²) in [5.74, 6) is -0.521. The fourth-order valence-electron chi connectivity index (χ4n) is 5.47. The third kappa shape index (κ3) is 7.34. The summed E-state index contributed by atoms with van der Waals surface area (Å²) in [6.45, 7) is 8.89. The Morgan fingerprint density at radius 2 is 1.65 bits per heavy atom. The molecule has 0 unspecified atom stereocenters. The van der Waals surface area contributed by atoms with Crippen LogP contribution in [0.2, 0.25) is 0 Å². The van der Waals surface area contributed by atoms with Crippen LogP contribution in [0.5, 0.6) is 0 Å². The molecule has 2 saturated heterocycles. The van der Waals surface area contributed by atoms with Crippen molar-refractivity contribution in [3.05, 3.63) is 54.1 Å². The van der Waals surface area contributed by atoms with Gasteiger partial charge >= 0.3 is 12.2 Å². The largest absolute Gasteiger partial charge is 0.451 e. The molecule has 2 aromatic rings. The second-order valence-electron chi connectivity index (χ2n) is 10.3. The second kappa shape index (κ2) is 12.1. The first-order valence-corrected chi connectivity index (χ1v) is 13.2. The zero-order valence-electron chi connectivity index (χ0n) is 21.6. The lowest BCUT2D eigenvalue weighted by atomic mass is 9.93. The van der Waals surface area contributed by atoms with Crippen LogP contribution in [0.1, 0.15) is 44.5 Å². The van der Waals surface area contributed by atoms with Crippen molar-refractivity contribution in [2.75, 3.05) is 44.2 Å². The minimum atomic E-state index is -4.56. The monoisotopic (exact) mass is 518 g/mol. The average Bonchev–Trinajstić information content (AvgIpc) is 2.88. The molecule has 2 aliphatic rings. The standard InChI is InChI=1S/C27H37F3N6O/c1-20-18-35(24-16-32-25(33-17-24)27(28,29)30)19-21(2)36(20)26(37)31-12-8-23-10-14-34(15-11-23)13-9-22-6-4-3-5-7-22/h3-7,16-17,20-21,23H,8-15,18-19H2,1-2H3,(H,31,37)/t20-,21+. The minimum Gasteiger partial charge on any atom is -0.365 e. The fraction of sp³-hybridized carbons (Fsp3) is 0.593. The predicted molar refractivity (Wildman–Crippen MR) is 137 cm³/mol. The molecular weight excluding hydrogens is 481 g/mol. The first-order valence-electron chi connectivity index (χ1n) is 13.2. The number of halogens is 3. The quantitative estimate of drug-likeness (QED) is 0.587. The molecule has 2 amide bonds. The molecule has 0 saturated carbocycles. The fourth-order valence-corrected chi connectivity index (χ4v) is 5.47. The molecule has 0 radical (unpaired) electrons.